The maximum absolute atomic E-state index is 14.3. The molecule has 0 aliphatic carbocycles. The molecule has 1 amide bonds. The average Bonchev–Trinajstić information content (AvgIpc) is 3.06. The molecule has 0 radical (unpaired) electrons. The molecule has 1 aromatic heterocycles. The molecule has 234 valence electrons. The van der Waals surface area contributed by atoms with Crippen molar-refractivity contribution in [2.45, 2.75) is 11.4 Å². The first-order valence-corrected chi connectivity index (χ1v) is 16.0. The number of nitro benzene ring substituents is 1. The summed E-state index contributed by atoms with van der Waals surface area (Å²) in [5.41, 5.74) is 0.759. The number of benzene rings is 3. The van der Waals surface area contributed by atoms with Gasteiger partial charge in [-0.15, -0.1) is 0 Å². The number of pyridine rings is 1. The first-order chi connectivity index (χ1) is 21.6. The Hall–Kier alpha value is -4.82. The van der Waals surface area contributed by atoms with Gasteiger partial charge < -0.3 is 19.3 Å². The smallest absolute Gasteiger partial charge is 0.269 e. The number of amides is 1. The van der Waals surface area contributed by atoms with Gasteiger partial charge in [-0.05, 0) is 30.3 Å². The molecular formula is C31H31FN6O6S. The van der Waals surface area contributed by atoms with E-state index in [0.29, 0.717) is 45.0 Å². The number of halogens is 1. The molecule has 0 atom stereocenters. The third-order valence-corrected chi connectivity index (χ3v) is 10.3. The lowest BCUT2D eigenvalue weighted by atomic mass is 10.2. The molecule has 14 heteroatoms. The van der Waals surface area contributed by atoms with Gasteiger partial charge in [0.2, 0.25) is 15.9 Å². The van der Waals surface area contributed by atoms with Crippen LogP contribution in [-0.4, -0.2) is 85.4 Å². The normalized spacial score (nSPS) is 16.2. The van der Waals surface area contributed by atoms with Gasteiger partial charge in [0, 0.05) is 87.1 Å². The van der Waals surface area contributed by atoms with E-state index in [1.54, 1.807) is 64.4 Å². The highest BCUT2D eigenvalue weighted by molar-refractivity contribution is 7.89. The zero-order chi connectivity index (χ0) is 31.7. The lowest BCUT2D eigenvalue weighted by Gasteiger charge is -2.36. The van der Waals surface area contributed by atoms with Crippen LogP contribution in [0.2, 0.25) is 0 Å². The summed E-state index contributed by atoms with van der Waals surface area (Å²) in [7, 11) is -4.07. The summed E-state index contributed by atoms with van der Waals surface area (Å²) >= 11 is 0. The predicted molar refractivity (Wildman–Crippen MR) is 167 cm³/mol. The number of anilines is 2. The number of rotatable bonds is 7. The number of nitrogens with zero attached hydrogens (tertiary/aromatic N) is 6. The van der Waals surface area contributed by atoms with Crippen molar-refractivity contribution in [2.75, 3.05) is 62.2 Å². The fourth-order valence-electron chi connectivity index (χ4n) is 5.89. The van der Waals surface area contributed by atoms with Crippen LogP contribution in [0.4, 0.5) is 21.5 Å². The van der Waals surface area contributed by atoms with Crippen molar-refractivity contribution >= 4 is 43.8 Å². The van der Waals surface area contributed by atoms with E-state index in [4.69, 9.17) is 0 Å². The van der Waals surface area contributed by atoms with E-state index in [-0.39, 0.29) is 52.7 Å². The largest absolute Gasteiger partial charge is 0.368 e. The highest BCUT2D eigenvalue weighted by Crippen LogP contribution is 2.27. The zero-order valence-corrected chi connectivity index (χ0v) is 25.1. The molecule has 0 N–H and O–H groups in total. The molecule has 0 bridgehead atoms. The van der Waals surface area contributed by atoms with Gasteiger partial charge >= 0.3 is 0 Å². The van der Waals surface area contributed by atoms with Crippen LogP contribution < -0.4 is 15.4 Å². The Morgan fingerprint density at radius 3 is 2.04 bits per heavy atom. The van der Waals surface area contributed by atoms with Crippen LogP contribution in [0.5, 0.6) is 0 Å². The topological polar surface area (TPSA) is 129 Å². The minimum absolute atomic E-state index is 0.000363. The first-order valence-electron chi connectivity index (χ1n) is 14.5. The summed E-state index contributed by atoms with van der Waals surface area (Å²) in [6.45, 7) is 2.24. The molecule has 2 saturated heterocycles. The quantitative estimate of drug-likeness (QED) is 0.224. The average molecular weight is 635 g/mol. The minimum atomic E-state index is -4.07. The Morgan fingerprint density at radius 2 is 1.40 bits per heavy atom. The van der Waals surface area contributed by atoms with Crippen molar-refractivity contribution in [3.8, 4) is 0 Å². The molecule has 12 nitrogen and oxygen atoms in total. The molecule has 45 heavy (non-hydrogen) atoms. The molecule has 4 aromatic rings. The summed E-state index contributed by atoms with van der Waals surface area (Å²) in [5.74, 6) is -0.693. The highest BCUT2D eigenvalue weighted by Gasteiger charge is 2.32. The van der Waals surface area contributed by atoms with Crippen LogP contribution in [0.3, 0.4) is 0 Å². The lowest BCUT2D eigenvalue weighted by molar-refractivity contribution is -0.384. The molecule has 0 unspecified atom stereocenters. The molecule has 0 spiro atoms. The SMILES string of the molecule is O=C(Cn1cc(S(=O)(=O)N2CCN(c3ccccc3F)CC2)c2ccccc2c1=O)N1CCN(c2ccc([N+](=O)[O-])cc2)CC1. The van der Waals surface area contributed by atoms with Crippen LogP contribution in [0.25, 0.3) is 10.8 Å². The second kappa shape index (κ2) is 12.3. The van der Waals surface area contributed by atoms with Gasteiger partial charge in [-0.2, -0.15) is 4.31 Å². The van der Waals surface area contributed by atoms with Gasteiger partial charge in [0.05, 0.1) is 10.6 Å². The number of carbonyl (C=O) groups excluding carboxylic acids is 1. The molecule has 6 rings (SSSR count). The number of hydrogen-bond acceptors (Lipinski definition) is 8. The van der Waals surface area contributed by atoms with Gasteiger partial charge in [-0.25, -0.2) is 12.8 Å². The van der Waals surface area contributed by atoms with Crippen molar-refractivity contribution < 1.29 is 22.5 Å². The third kappa shape index (κ3) is 5.98. The Morgan fingerprint density at radius 1 is 0.800 bits per heavy atom. The number of aromatic nitrogens is 1. The molecule has 3 aromatic carbocycles. The number of non-ortho nitro benzene ring substituents is 1. The van der Waals surface area contributed by atoms with Gasteiger partial charge in [0.1, 0.15) is 17.3 Å². The number of nitro groups is 1. The number of fused-ring (bicyclic) bond motifs is 1. The maximum Gasteiger partial charge on any atom is 0.269 e. The van der Waals surface area contributed by atoms with Crippen molar-refractivity contribution in [2.24, 2.45) is 0 Å². The van der Waals surface area contributed by atoms with Crippen molar-refractivity contribution in [1.29, 1.82) is 0 Å². The highest BCUT2D eigenvalue weighted by atomic mass is 32.2. The van der Waals surface area contributed by atoms with E-state index < -0.39 is 20.5 Å². The molecule has 3 heterocycles. The fraction of sp³-hybridized carbons (Fsp3) is 0.290. The predicted octanol–water partition coefficient (Wildman–Crippen LogP) is 2.91. The standard InChI is InChI=1S/C31H31FN6O6S/c32-27-7-3-4-8-28(27)34-17-19-37(20-18-34)45(43,44)29-21-36(31(40)26-6-2-1-5-25(26)29)22-30(39)35-15-13-33(14-16-35)23-9-11-24(12-10-23)38(41)42/h1-12,21H,13-20,22H2. The summed E-state index contributed by atoms with van der Waals surface area (Å²) in [6, 6.07) is 19.0. The Labute approximate surface area is 258 Å². The Bertz CT molecular complexity index is 1920. The van der Waals surface area contributed by atoms with E-state index in [9.17, 15) is 32.5 Å². The second-order valence-corrected chi connectivity index (χ2v) is 12.9. The molecule has 0 saturated carbocycles. The fourth-order valence-corrected chi connectivity index (χ4v) is 7.53. The minimum Gasteiger partial charge on any atom is -0.368 e. The number of para-hydroxylation sites is 1. The van der Waals surface area contributed by atoms with E-state index in [1.165, 1.54) is 28.7 Å². The van der Waals surface area contributed by atoms with Gasteiger partial charge in [0.15, 0.2) is 0 Å². The van der Waals surface area contributed by atoms with Gasteiger partial charge in [-0.1, -0.05) is 30.3 Å². The number of sulfonamides is 1. The molecule has 2 aliphatic heterocycles. The Balaban J connectivity index is 1.19. The van der Waals surface area contributed by atoms with E-state index in [2.05, 4.69) is 0 Å². The van der Waals surface area contributed by atoms with Gasteiger partial charge in [0.25, 0.3) is 11.2 Å². The lowest BCUT2D eigenvalue weighted by Crippen LogP contribution is -2.50. The zero-order valence-electron chi connectivity index (χ0n) is 24.3. The van der Waals surface area contributed by atoms with E-state index in [1.807, 2.05) is 4.90 Å². The summed E-state index contributed by atoms with van der Waals surface area (Å²) in [5, 5.41) is 11.4. The maximum atomic E-state index is 14.3. The van der Waals surface area contributed by atoms with Crippen molar-refractivity contribution in [1.82, 2.24) is 13.8 Å². The van der Waals surface area contributed by atoms with Crippen LogP contribution >= 0.6 is 0 Å². The summed E-state index contributed by atoms with van der Waals surface area (Å²) in [6.07, 6.45) is 1.26. The van der Waals surface area contributed by atoms with E-state index in [0.717, 1.165) is 10.3 Å². The van der Waals surface area contributed by atoms with Crippen molar-refractivity contribution in [3.05, 3.63) is 105 Å². The first kappa shape index (κ1) is 30.2. The van der Waals surface area contributed by atoms with Crippen LogP contribution in [0, 0.1) is 15.9 Å². The monoisotopic (exact) mass is 634 g/mol. The summed E-state index contributed by atoms with van der Waals surface area (Å²) < 4.78 is 44.8. The Kier molecular flexibility index (Phi) is 8.25. The van der Waals surface area contributed by atoms with Crippen LogP contribution in [0.1, 0.15) is 0 Å². The van der Waals surface area contributed by atoms with Crippen LogP contribution in [-0.2, 0) is 21.4 Å². The van der Waals surface area contributed by atoms with E-state index >= 15 is 0 Å². The summed E-state index contributed by atoms with van der Waals surface area (Å²) in [4.78, 5) is 42.7. The second-order valence-electron chi connectivity index (χ2n) is 11.0. The molecule has 2 aliphatic rings. The van der Waals surface area contributed by atoms with Gasteiger partial charge in [-0.3, -0.25) is 19.7 Å². The molecule has 2 fully saturated rings. The molecular weight excluding hydrogens is 603 g/mol. The number of carbonyl (C=O) groups is 1. The van der Waals surface area contributed by atoms with Crippen LogP contribution in [0.15, 0.2) is 88.7 Å². The number of piperazine rings is 2. The third-order valence-electron chi connectivity index (χ3n) is 8.37. The number of hydrogen-bond donors (Lipinski definition) is 0. The van der Waals surface area contributed by atoms with Crippen molar-refractivity contribution in [3.63, 3.8) is 0 Å².